The maximum Gasteiger partial charge on any atom is 0.236 e. The van der Waals surface area contributed by atoms with Crippen molar-refractivity contribution in [3.8, 4) is 0 Å². The Kier molecular flexibility index (Phi) is 5.05. The van der Waals surface area contributed by atoms with E-state index in [-0.39, 0.29) is 11.9 Å². The quantitative estimate of drug-likeness (QED) is 0.713. The second-order valence-corrected chi connectivity index (χ2v) is 4.45. The molecule has 4 heteroatoms. The topological polar surface area (TPSA) is 49.6 Å². The Balaban J connectivity index is 2.22. The summed E-state index contributed by atoms with van der Waals surface area (Å²) in [5, 5.41) is 0. The molecule has 1 saturated heterocycles. The standard InChI is InChI=1S/C11H23N3O/c1-3-4-6-13(2)11(15)9-14-7-5-10(12)8-14/h10H,3-9,12H2,1-2H3. The highest BCUT2D eigenvalue weighted by Crippen LogP contribution is 2.06. The second-order valence-electron chi connectivity index (χ2n) is 4.45. The van der Waals surface area contributed by atoms with Crippen LogP contribution >= 0.6 is 0 Å². The second kappa shape index (κ2) is 6.08. The van der Waals surface area contributed by atoms with E-state index in [2.05, 4.69) is 11.8 Å². The minimum absolute atomic E-state index is 0.220. The van der Waals surface area contributed by atoms with Crippen molar-refractivity contribution in [3.05, 3.63) is 0 Å². The first-order chi connectivity index (χ1) is 7.13. The molecular weight excluding hydrogens is 190 g/mol. The van der Waals surface area contributed by atoms with Crippen LogP contribution in [0, 0.1) is 0 Å². The molecule has 1 unspecified atom stereocenters. The maximum absolute atomic E-state index is 11.8. The summed E-state index contributed by atoms with van der Waals surface area (Å²) < 4.78 is 0. The Morgan fingerprint density at radius 1 is 1.60 bits per heavy atom. The van der Waals surface area contributed by atoms with Crippen molar-refractivity contribution < 1.29 is 4.79 Å². The molecule has 0 bridgehead atoms. The number of likely N-dealkylation sites (N-methyl/N-ethyl adjacent to an activating group) is 1. The Labute approximate surface area is 92.4 Å². The fraction of sp³-hybridized carbons (Fsp3) is 0.909. The number of carbonyl (C=O) groups is 1. The SMILES string of the molecule is CCCCN(C)C(=O)CN1CCC(N)C1. The Morgan fingerprint density at radius 2 is 2.33 bits per heavy atom. The molecule has 1 amide bonds. The van der Waals surface area contributed by atoms with Crippen LogP contribution in [0.5, 0.6) is 0 Å². The van der Waals surface area contributed by atoms with E-state index < -0.39 is 0 Å². The summed E-state index contributed by atoms with van der Waals surface area (Å²) in [5.41, 5.74) is 5.79. The van der Waals surface area contributed by atoms with E-state index in [4.69, 9.17) is 5.73 Å². The summed E-state index contributed by atoms with van der Waals surface area (Å²) in [5.74, 6) is 0.220. The lowest BCUT2D eigenvalue weighted by Crippen LogP contribution is -2.38. The monoisotopic (exact) mass is 213 g/mol. The van der Waals surface area contributed by atoms with Crippen molar-refractivity contribution in [2.45, 2.75) is 32.2 Å². The van der Waals surface area contributed by atoms with E-state index in [1.165, 1.54) is 0 Å². The van der Waals surface area contributed by atoms with Gasteiger partial charge in [-0.15, -0.1) is 0 Å². The van der Waals surface area contributed by atoms with Crippen LogP contribution in [0.1, 0.15) is 26.2 Å². The molecule has 0 aromatic heterocycles. The van der Waals surface area contributed by atoms with Crippen molar-refractivity contribution >= 4 is 5.91 Å². The minimum atomic E-state index is 0.220. The van der Waals surface area contributed by atoms with Crippen molar-refractivity contribution in [2.75, 3.05) is 33.2 Å². The van der Waals surface area contributed by atoms with Gasteiger partial charge >= 0.3 is 0 Å². The highest BCUT2D eigenvalue weighted by molar-refractivity contribution is 5.78. The molecule has 1 aliphatic heterocycles. The van der Waals surface area contributed by atoms with Gasteiger partial charge < -0.3 is 10.6 Å². The number of amides is 1. The van der Waals surface area contributed by atoms with Crippen LogP contribution in [0.3, 0.4) is 0 Å². The zero-order valence-electron chi connectivity index (χ0n) is 9.91. The van der Waals surface area contributed by atoms with E-state index in [1.807, 2.05) is 11.9 Å². The number of rotatable bonds is 5. The summed E-state index contributed by atoms with van der Waals surface area (Å²) in [6.07, 6.45) is 3.24. The van der Waals surface area contributed by atoms with Gasteiger partial charge in [-0.3, -0.25) is 9.69 Å². The van der Waals surface area contributed by atoms with Gasteiger partial charge in [-0.05, 0) is 12.8 Å². The van der Waals surface area contributed by atoms with Crippen LogP contribution in [0.2, 0.25) is 0 Å². The van der Waals surface area contributed by atoms with Gasteiger partial charge in [0.2, 0.25) is 5.91 Å². The van der Waals surface area contributed by atoms with Gasteiger partial charge in [-0.1, -0.05) is 13.3 Å². The van der Waals surface area contributed by atoms with E-state index in [0.29, 0.717) is 6.54 Å². The highest BCUT2D eigenvalue weighted by Gasteiger charge is 2.22. The molecule has 0 spiro atoms. The number of nitrogens with two attached hydrogens (primary N) is 1. The maximum atomic E-state index is 11.8. The minimum Gasteiger partial charge on any atom is -0.345 e. The molecule has 4 nitrogen and oxygen atoms in total. The zero-order chi connectivity index (χ0) is 11.3. The van der Waals surface area contributed by atoms with Crippen molar-refractivity contribution in [1.29, 1.82) is 0 Å². The van der Waals surface area contributed by atoms with Gasteiger partial charge in [0.1, 0.15) is 0 Å². The van der Waals surface area contributed by atoms with Crippen LogP contribution < -0.4 is 5.73 Å². The Morgan fingerprint density at radius 3 is 2.87 bits per heavy atom. The molecule has 1 aliphatic rings. The largest absolute Gasteiger partial charge is 0.345 e. The predicted molar refractivity (Wildman–Crippen MR) is 61.6 cm³/mol. The van der Waals surface area contributed by atoms with Crippen molar-refractivity contribution in [3.63, 3.8) is 0 Å². The smallest absolute Gasteiger partial charge is 0.236 e. The van der Waals surface area contributed by atoms with Gasteiger partial charge in [0, 0.05) is 32.7 Å². The van der Waals surface area contributed by atoms with E-state index in [0.717, 1.165) is 38.9 Å². The molecule has 0 radical (unpaired) electrons. The fourth-order valence-corrected chi connectivity index (χ4v) is 1.84. The Hall–Kier alpha value is -0.610. The van der Waals surface area contributed by atoms with Crippen molar-refractivity contribution in [2.24, 2.45) is 5.73 Å². The average molecular weight is 213 g/mol. The van der Waals surface area contributed by atoms with Crippen molar-refractivity contribution in [1.82, 2.24) is 9.80 Å². The first-order valence-electron chi connectivity index (χ1n) is 5.85. The molecule has 1 fully saturated rings. The third-order valence-electron chi connectivity index (χ3n) is 2.94. The molecule has 0 saturated carbocycles. The van der Waals surface area contributed by atoms with Crippen LogP contribution in [-0.4, -0.2) is 55.0 Å². The van der Waals surface area contributed by atoms with Crippen LogP contribution in [0.25, 0.3) is 0 Å². The lowest BCUT2D eigenvalue weighted by atomic mass is 10.3. The molecule has 15 heavy (non-hydrogen) atoms. The Bertz CT molecular complexity index is 208. The summed E-state index contributed by atoms with van der Waals surface area (Å²) in [6.45, 7) is 5.38. The molecule has 0 aromatic rings. The predicted octanol–water partition coefficient (Wildman–Crippen LogP) is 0.278. The van der Waals surface area contributed by atoms with E-state index in [1.54, 1.807) is 0 Å². The van der Waals surface area contributed by atoms with Gasteiger partial charge in [-0.2, -0.15) is 0 Å². The molecule has 1 atom stereocenters. The molecule has 2 N–H and O–H groups in total. The summed E-state index contributed by atoms with van der Waals surface area (Å²) in [7, 11) is 1.88. The van der Waals surface area contributed by atoms with Gasteiger partial charge in [0.05, 0.1) is 6.54 Å². The molecule has 0 aromatic carbocycles. The number of hydrogen-bond donors (Lipinski definition) is 1. The lowest BCUT2D eigenvalue weighted by molar-refractivity contribution is -0.130. The summed E-state index contributed by atoms with van der Waals surface area (Å²) in [4.78, 5) is 15.7. The number of hydrogen-bond acceptors (Lipinski definition) is 3. The average Bonchev–Trinajstić information content (AvgIpc) is 2.60. The summed E-state index contributed by atoms with van der Waals surface area (Å²) >= 11 is 0. The third-order valence-corrected chi connectivity index (χ3v) is 2.94. The molecule has 88 valence electrons. The van der Waals surface area contributed by atoms with Crippen LogP contribution in [0.15, 0.2) is 0 Å². The first kappa shape index (κ1) is 12.5. The number of carbonyl (C=O) groups excluding carboxylic acids is 1. The highest BCUT2D eigenvalue weighted by atomic mass is 16.2. The molecule has 0 aliphatic carbocycles. The van der Waals surface area contributed by atoms with E-state index >= 15 is 0 Å². The van der Waals surface area contributed by atoms with Gasteiger partial charge in [-0.25, -0.2) is 0 Å². The normalized spacial score (nSPS) is 21.9. The fourth-order valence-electron chi connectivity index (χ4n) is 1.84. The molecular formula is C11H23N3O. The van der Waals surface area contributed by atoms with Crippen LogP contribution in [-0.2, 0) is 4.79 Å². The molecule has 1 rings (SSSR count). The first-order valence-corrected chi connectivity index (χ1v) is 5.85. The van der Waals surface area contributed by atoms with Gasteiger partial charge in [0.25, 0.3) is 0 Å². The van der Waals surface area contributed by atoms with Gasteiger partial charge in [0.15, 0.2) is 0 Å². The lowest BCUT2D eigenvalue weighted by Gasteiger charge is -2.21. The zero-order valence-corrected chi connectivity index (χ0v) is 9.91. The van der Waals surface area contributed by atoms with E-state index in [9.17, 15) is 4.79 Å². The van der Waals surface area contributed by atoms with Crippen LogP contribution in [0.4, 0.5) is 0 Å². The number of nitrogens with zero attached hydrogens (tertiary/aromatic N) is 2. The summed E-state index contributed by atoms with van der Waals surface area (Å²) in [6, 6.07) is 0.263. The number of unbranched alkanes of at least 4 members (excludes halogenated alkanes) is 1. The number of likely N-dealkylation sites (tertiary alicyclic amines) is 1. The third kappa shape index (κ3) is 4.18. The molecule has 1 heterocycles.